The van der Waals surface area contributed by atoms with Gasteiger partial charge in [0.15, 0.2) is 5.96 Å². The van der Waals surface area contributed by atoms with Crippen LogP contribution in [-0.4, -0.2) is 85.6 Å². The number of hydrogen-bond donors (Lipinski definition) is 2. The smallest absolute Gasteiger partial charge is 0.243 e. The third-order valence-corrected chi connectivity index (χ3v) is 5.25. The van der Waals surface area contributed by atoms with Crippen molar-refractivity contribution in [2.75, 3.05) is 51.8 Å². The summed E-state index contributed by atoms with van der Waals surface area (Å²) in [5.41, 5.74) is 1.15. The number of ether oxygens (including phenoxy) is 1. The summed E-state index contributed by atoms with van der Waals surface area (Å²) < 4.78 is 7.28. The van der Waals surface area contributed by atoms with Crippen LogP contribution in [0.5, 0.6) is 0 Å². The van der Waals surface area contributed by atoms with Crippen LogP contribution < -0.4 is 15.5 Å². The molecule has 156 valence electrons. The quantitative estimate of drug-likeness (QED) is 0.551. The monoisotopic (exact) mass is 391 g/mol. The number of anilines is 1. The van der Waals surface area contributed by atoms with Crippen molar-refractivity contribution < 1.29 is 9.53 Å². The van der Waals surface area contributed by atoms with Crippen molar-refractivity contribution in [1.82, 2.24) is 25.3 Å². The predicted octanol–water partition coefficient (Wildman–Crippen LogP) is 0.191. The number of aromatic nitrogens is 2. The Labute approximate surface area is 167 Å². The Kier molecular flexibility index (Phi) is 7.13. The number of rotatable bonds is 5. The van der Waals surface area contributed by atoms with Gasteiger partial charge in [-0.3, -0.25) is 9.48 Å². The lowest BCUT2D eigenvalue weighted by Gasteiger charge is -2.35. The first kappa shape index (κ1) is 20.4. The number of guanidine groups is 1. The second-order valence-electron chi connectivity index (χ2n) is 7.79. The van der Waals surface area contributed by atoms with Crippen molar-refractivity contribution in [3.8, 4) is 0 Å². The topological polar surface area (TPSA) is 87.0 Å². The number of hydrogen-bond acceptors (Lipinski definition) is 5. The normalized spacial score (nSPS) is 21.5. The summed E-state index contributed by atoms with van der Waals surface area (Å²) in [5.74, 6) is 0.717. The van der Waals surface area contributed by atoms with Gasteiger partial charge in [-0.1, -0.05) is 0 Å². The van der Waals surface area contributed by atoms with Crippen LogP contribution in [0.1, 0.15) is 25.7 Å². The lowest BCUT2D eigenvalue weighted by Crippen LogP contribution is -2.54. The highest BCUT2D eigenvalue weighted by Gasteiger charge is 2.23. The third kappa shape index (κ3) is 5.85. The van der Waals surface area contributed by atoms with Crippen molar-refractivity contribution in [1.29, 1.82) is 0 Å². The van der Waals surface area contributed by atoms with Crippen LogP contribution in [0.4, 0.5) is 5.69 Å². The lowest BCUT2D eigenvalue weighted by molar-refractivity contribution is -0.127. The number of carbonyl (C=O) groups excluding carboxylic acids is 1. The van der Waals surface area contributed by atoms with Crippen molar-refractivity contribution >= 4 is 17.6 Å². The molecule has 1 unspecified atom stereocenters. The molecule has 9 nitrogen and oxygen atoms in total. The third-order valence-electron chi connectivity index (χ3n) is 5.25. The van der Waals surface area contributed by atoms with Gasteiger partial charge < -0.3 is 25.2 Å². The molecule has 0 saturated carbocycles. The van der Waals surface area contributed by atoms with E-state index in [1.54, 1.807) is 19.0 Å². The Morgan fingerprint density at radius 2 is 2.04 bits per heavy atom. The zero-order chi connectivity index (χ0) is 19.9. The average Bonchev–Trinajstić information content (AvgIpc) is 3.13. The molecule has 2 aliphatic heterocycles. The van der Waals surface area contributed by atoms with Crippen LogP contribution in [0.15, 0.2) is 17.4 Å². The molecule has 0 bridgehead atoms. The van der Waals surface area contributed by atoms with Gasteiger partial charge in [0.1, 0.15) is 6.54 Å². The predicted molar refractivity (Wildman–Crippen MR) is 110 cm³/mol. The molecule has 0 radical (unpaired) electrons. The number of aliphatic imine (C=N–C) groups is 1. The minimum absolute atomic E-state index is 0.00583. The molecule has 2 fully saturated rings. The van der Waals surface area contributed by atoms with E-state index in [2.05, 4.69) is 25.6 Å². The van der Waals surface area contributed by atoms with Gasteiger partial charge in [0.25, 0.3) is 0 Å². The summed E-state index contributed by atoms with van der Waals surface area (Å²) in [4.78, 5) is 20.5. The Morgan fingerprint density at radius 3 is 2.71 bits per heavy atom. The number of nitrogens with zero attached hydrogens (tertiary/aromatic N) is 5. The fourth-order valence-corrected chi connectivity index (χ4v) is 3.55. The van der Waals surface area contributed by atoms with E-state index in [1.165, 1.54) is 0 Å². The second kappa shape index (κ2) is 9.77. The van der Waals surface area contributed by atoms with Gasteiger partial charge in [-0.2, -0.15) is 5.10 Å². The minimum atomic E-state index is -0.00583. The van der Waals surface area contributed by atoms with Crippen LogP contribution >= 0.6 is 0 Å². The van der Waals surface area contributed by atoms with E-state index in [1.807, 2.05) is 24.1 Å². The van der Waals surface area contributed by atoms with E-state index in [0.29, 0.717) is 6.04 Å². The first-order chi connectivity index (χ1) is 13.5. The maximum atomic E-state index is 12.0. The van der Waals surface area contributed by atoms with Crippen molar-refractivity contribution in [2.45, 2.75) is 37.8 Å². The van der Waals surface area contributed by atoms with Crippen molar-refractivity contribution in [3.63, 3.8) is 0 Å². The molecule has 0 spiro atoms. The average molecular weight is 392 g/mol. The molecule has 2 aliphatic rings. The summed E-state index contributed by atoms with van der Waals surface area (Å²) in [6.07, 6.45) is 8.05. The molecule has 1 aromatic heterocycles. The fraction of sp³-hybridized carbons (Fsp3) is 0.737. The number of aryl methyl sites for hydroxylation is 1. The summed E-state index contributed by atoms with van der Waals surface area (Å²) in [7, 11) is 5.45. The number of carbonyl (C=O) groups is 1. The Balaban J connectivity index is 1.63. The first-order valence-electron chi connectivity index (χ1n) is 10.1. The molecule has 1 aromatic rings. The molecule has 1 atom stereocenters. The van der Waals surface area contributed by atoms with Gasteiger partial charge in [-0.05, 0) is 25.7 Å². The number of amides is 1. The zero-order valence-corrected chi connectivity index (χ0v) is 17.2. The van der Waals surface area contributed by atoms with E-state index >= 15 is 0 Å². The van der Waals surface area contributed by atoms with Gasteiger partial charge in [0.05, 0.1) is 11.9 Å². The number of piperidine rings is 1. The van der Waals surface area contributed by atoms with E-state index in [9.17, 15) is 4.79 Å². The molecule has 0 aliphatic carbocycles. The molecule has 0 aromatic carbocycles. The Morgan fingerprint density at radius 1 is 1.29 bits per heavy atom. The molecule has 9 heteroatoms. The van der Waals surface area contributed by atoms with Gasteiger partial charge in [-0.15, -0.1) is 0 Å². The largest absolute Gasteiger partial charge is 0.381 e. The highest BCUT2D eigenvalue weighted by atomic mass is 16.5. The maximum absolute atomic E-state index is 12.0. The van der Waals surface area contributed by atoms with E-state index < -0.39 is 0 Å². The van der Waals surface area contributed by atoms with E-state index in [-0.39, 0.29) is 18.5 Å². The van der Waals surface area contributed by atoms with Gasteiger partial charge in [-0.25, -0.2) is 4.99 Å². The first-order valence-corrected chi connectivity index (χ1v) is 10.1. The van der Waals surface area contributed by atoms with Crippen LogP contribution in [0.2, 0.25) is 0 Å². The summed E-state index contributed by atoms with van der Waals surface area (Å²) in [6.45, 7) is 3.59. The molecular formula is C19H33N7O2. The fourth-order valence-electron chi connectivity index (χ4n) is 3.55. The summed E-state index contributed by atoms with van der Waals surface area (Å²) >= 11 is 0. The standard InChI is InChI=1S/C19H33N7O2/c1-24(2)18(27)12-20-19(22-15-6-9-28-10-7-15)23-16-5-4-8-26(13-16)17-11-21-25(3)14-17/h11,14-16H,4-10,12-13H2,1-3H3,(H2,20,22,23). The molecule has 3 rings (SSSR count). The molecule has 1 amide bonds. The molecule has 3 heterocycles. The van der Waals surface area contributed by atoms with Crippen LogP contribution in [0.3, 0.4) is 0 Å². The van der Waals surface area contributed by atoms with Gasteiger partial charge >= 0.3 is 0 Å². The van der Waals surface area contributed by atoms with E-state index in [4.69, 9.17) is 4.74 Å². The molecule has 2 N–H and O–H groups in total. The number of likely N-dealkylation sites (N-methyl/N-ethyl adjacent to an activating group) is 1. The Bertz CT molecular complexity index is 667. The molecular weight excluding hydrogens is 358 g/mol. The summed E-state index contributed by atoms with van der Waals surface area (Å²) in [5, 5.41) is 11.4. The van der Waals surface area contributed by atoms with Gasteiger partial charge in [0, 0.05) is 65.7 Å². The summed E-state index contributed by atoms with van der Waals surface area (Å²) in [6, 6.07) is 0.599. The molecule has 2 saturated heterocycles. The SMILES string of the molecule is CN(C)C(=O)CN=C(NC1CCOCC1)NC1CCCN(c2cnn(C)c2)C1. The second-order valence-corrected chi connectivity index (χ2v) is 7.79. The zero-order valence-electron chi connectivity index (χ0n) is 17.2. The van der Waals surface area contributed by atoms with Crippen LogP contribution in [0.25, 0.3) is 0 Å². The lowest BCUT2D eigenvalue weighted by atomic mass is 10.1. The number of nitrogens with one attached hydrogen (secondary N) is 2. The highest BCUT2D eigenvalue weighted by molar-refractivity contribution is 5.85. The minimum Gasteiger partial charge on any atom is -0.381 e. The Hall–Kier alpha value is -2.29. The maximum Gasteiger partial charge on any atom is 0.243 e. The van der Waals surface area contributed by atoms with Crippen LogP contribution in [0, 0.1) is 0 Å². The van der Waals surface area contributed by atoms with Crippen LogP contribution in [-0.2, 0) is 16.6 Å². The van der Waals surface area contributed by atoms with Gasteiger partial charge in [0.2, 0.25) is 5.91 Å². The van der Waals surface area contributed by atoms with Crippen molar-refractivity contribution in [3.05, 3.63) is 12.4 Å². The highest BCUT2D eigenvalue weighted by Crippen LogP contribution is 2.19. The van der Waals surface area contributed by atoms with E-state index in [0.717, 1.165) is 63.6 Å². The molecule has 28 heavy (non-hydrogen) atoms. The van der Waals surface area contributed by atoms with Crippen molar-refractivity contribution in [2.24, 2.45) is 12.0 Å².